The Labute approximate surface area is 159 Å². The fraction of sp³-hybridized carbons (Fsp3) is 0.0500. The number of benzene rings is 2. The first-order valence-corrected chi connectivity index (χ1v) is 8.25. The first-order chi connectivity index (χ1) is 13.5. The molecular weight excluding hydrogens is 365 g/mol. The number of halogens is 1. The molecule has 3 N–H and O–H groups in total. The number of para-hydroxylation sites is 1. The van der Waals surface area contributed by atoms with E-state index in [-0.39, 0.29) is 29.2 Å². The highest BCUT2D eigenvalue weighted by molar-refractivity contribution is 6.08. The lowest BCUT2D eigenvalue weighted by Gasteiger charge is -2.11. The molecule has 142 valence electrons. The smallest absolute Gasteiger partial charge is 0.295 e. The summed E-state index contributed by atoms with van der Waals surface area (Å²) in [5.74, 6) is -1.79. The molecule has 0 aliphatic carbocycles. The number of nitrogens with two attached hydrogens (primary N) is 1. The Morgan fingerprint density at radius 3 is 2.39 bits per heavy atom. The van der Waals surface area contributed by atoms with Gasteiger partial charge in [-0.05, 0) is 42.0 Å². The van der Waals surface area contributed by atoms with E-state index in [4.69, 9.17) is 10.6 Å². The van der Waals surface area contributed by atoms with Crippen LogP contribution in [0.1, 0.15) is 26.3 Å². The number of hydrogen-bond donors (Lipinski definition) is 2. The van der Waals surface area contributed by atoms with E-state index < -0.39 is 17.4 Å². The maximum atomic E-state index is 12.9. The third-order valence-corrected chi connectivity index (χ3v) is 3.88. The van der Waals surface area contributed by atoms with Gasteiger partial charge in [0.25, 0.3) is 17.4 Å². The van der Waals surface area contributed by atoms with E-state index in [1.54, 1.807) is 12.1 Å². The van der Waals surface area contributed by atoms with Crippen molar-refractivity contribution in [2.45, 2.75) is 6.61 Å². The molecule has 8 heteroatoms. The number of carbonyl (C=O) groups is 2. The molecule has 0 aliphatic heterocycles. The highest BCUT2D eigenvalue weighted by atomic mass is 19.1. The number of aromatic nitrogens is 1. The summed E-state index contributed by atoms with van der Waals surface area (Å²) in [6, 6.07) is 14.6. The van der Waals surface area contributed by atoms with Crippen LogP contribution in [0, 0.1) is 5.82 Å². The number of nitrogens with one attached hydrogen (secondary N) is 1. The van der Waals surface area contributed by atoms with Gasteiger partial charge in [-0.3, -0.25) is 14.4 Å². The molecular formula is C20H16FN3O4. The average molecular weight is 381 g/mol. The zero-order valence-electron chi connectivity index (χ0n) is 14.6. The first kappa shape index (κ1) is 18.8. The topological polar surface area (TPSA) is 103 Å². The second kappa shape index (κ2) is 8.17. The van der Waals surface area contributed by atoms with Crippen LogP contribution in [0.5, 0.6) is 0 Å². The van der Waals surface area contributed by atoms with Gasteiger partial charge in [-0.25, -0.2) is 4.39 Å². The van der Waals surface area contributed by atoms with Gasteiger partial charge in [0.2, 0.25) is 0 Å². The number of hydrogen-bond acceptors (Lipinski definition) is 4. The molecule has 1 aromatic heterocycles. The fourth-order valence-electron chi connectivity index (χ4n) is 2.47. The van der Waals surface area contributed by atoms with Gasteiger partial charge in [0.15, 0.2) is 0 Å². The Hall–Kier alpha value is -3.94. The SMILES string of the molecule is NC(=O)c1ccccc1NC(=O)c1cccn(OCc2ccc(F)cc2)c1=O. The summed E-state index contributed by atoms with van der Waals surface area (Å²) in [5, 5.41) is 2.51. The van der Waals surface area contributed by atoms with Crippen molar-refractivity contribution in [1.82, 2.24) is 4.73 Å². The molecule has 2 amide bonds. The number of rotatable bonds is 6. The lowest BCUT2D eigenvalue weighted by Crippen LogP contribution is -2.32. The summed E-state index contributed by atoms with van der Waals surface area (Å²) in [5.41, 5.74) is 5.40. The fourth-order valence-corrected chi connectivity index (χ4v) is 2.47. The third-order valence-electron chi connectivity index (χ3n) is 3.88. The predicted molar refractivity (Wildman–Crippen MR) is 100 cm³/mol. The summed E-state index contributed by atoms with van der Waals surface area (Å²) < 4.78 is 13.9. The van der Waals surface area contributed by atoms with Gasteiger partial charge in [0.05, 0.1) is 11.3 Å². The number of anilines is 1. The van der Waals surface area contributed by atoms with Crippen molar-refractivity contribution in [3.05, 3.63) is 99.7 Å². The zero-order valence-corrected chi connectivity index (χ0v) is 14.6. The summed E-state index contributed by atoms with van der Waals surface area (Å²) in [6.07, 6.45) is 1.36. The van der Waals surface area contributed by atoms with Crippen LogP contribution >= 0.6 is 0 Å². The molecule has 0 bridgehead atoms. The van der Waals surface area contributed by atoms with E-state index in [0.717, 1.165) is 4.73 Å². The van der Waals surface area contributed by atoms with Gasteiger partial charge in [0, 0.05) is 6.20 Å². The van der Waals surface area contributed by atoms with E-state index in [2.05, 4.69) is 5.32 Å². The molecule has 3 rings (SSSR count). The average Bonchev–Trinajstić information content (AvgIpc) is 2.68. The van der Waals surface area contributed by atoms with Gasteiger partial charge in [0.1, 0.15) is 18.0 Å². The third kappa shape index (κ3) is 4.24. The Bertz CT molecular complexity index is 1080. The summed E-state index contributed by atoms with van der Waals surface area (Å²) >= 11 is 0. The van der Waals surface area contributed by atoms with Crippen molar-refractivity contribution in [1.29, 1.82) is 0 Å². The van der Waals surface area contributed by atoms with Crippen LogP contribution in [0.25, 0.3) is 0 Å². The minimum absolute atomic E-state index is 0.00969. The van der Waals surface area contributed by atoms with Crippen molar-refractivity contribution >= 4 is 17.5 Å². The molecule has 0 aliphatic rings. The van der Waals surface area contributed by atoms with Crippen LogP contribution in [-0.2, 0) is 6.61 Å². The predicted octanol–water partition coefficient (Wildman–Crippen LogP) is 1.97. The molecule has 7 nitrogen and oxygen atoms in total. The van der Waals surface area contributed by atoms with Gasteiger partial charge in [-0.1, -0.05) is 24.3 Å². The lowest BCUT2D eigenvalue weighted by molar-refractivity contribution is 0.0863. The van der Waals surface area contributed by atoms with E-state index in [9.17, 15) is 18.8 Å². The molecule has 2 aromatic carbocycles. The molecule has 0 radical (unpaired) electrons. The molecule has 28 heavy (non-hydrogen) atoms. The molecule has 1 heterocycles. The molecule has 3 aromatic rings. The van der Waals surface area contributed by atoms with Crippen LogP contribution < -0.4 is 21.4 Å². The monoisotopic (exact) mass is 381 g/mol. The normalized spacial score (nSPS) is 10.3. The number of amides is 2. The van der Waals surface area contributed by atoms with E-state index in [0.29, 0.717) is 5.56 Å². The Balaban J connectivity index is 1.79. The summed E-state index contributed by atoms with van der Waals surface area (Å²) in [6.45, 7) is 0.00969. The molecule has 0 spiro atoms. The van der Waals surface area contributed by atoms with E-state index in [1.165, 1.54) is 54.7 Å². The van der Waals surface area contributed by atoms with Crippen LogP contribution in [0.3, 0.4) is 0 Å². The Morgan fingerprint density at radius 1 is 1.00 bits per heavy atom. The highest BCUT2D eigenvalue weighted by Crippen LogP contribution is 2.15. The van der Waals surface area contributed by atoms with Crippen LogP contribution in [0.15, 0.2) is 71.7 Å². The minimum atomic E-state index is -0.710. The van der Waals surface area contributed by atoms with Gasteiger partial charge < -0.3 is 15.9 Å². The number of primary amides is 1. The van der Waals surface area contributed by atoms with Crippen molar-refractivity contribution in [2.24, 2.45) is 5.73 Å². The highest BCUT2D eigenvalue weighted by Gasteiger charge is 2.16. The van der Waals surface area contributed by atoms with Gasteiger partial charge in [-0.2, -0.15) is 4.73 Å². The second-order valence-electron chi connectivity index (χ2n) is 5.82. The van der Waals surface area contributed by atoms with Crippen LogP contribution in [-0.4, -0.2) is 16.5 Å². The van der Waals surface area contributed by atoms with Crippen molar-refractivity contribution in [3.8, 4) is 0 Å². The van der Waals surface area contributed by atoms with Gasteiger partial charge >= 0.3 is 0 Å². The summed E-state index contributed by atoms with van der Waals surface area (Å²) in [7, 11) is 0. The second-order valence-corrected chi connectivity index (χ2v) is 5.82. The lowest BCUT2D eigenvalue weighted by atomic mass is 10.1. The number of carbonyl (C=O) groups excluding carboxylic acids is 2. The largest absolute Gasteiger partial charge is 0.406 e. The molecule has 0 fully saturated rings. The van der Waals surface area contributed by atoms with E-state index in [1.807, 2.05) is 0 Å². The molecule has 0 saturated carbocycles. The minimum Gasteiger partial charge on any atom is -0.406 e. The Kier molecular flexibility index (Phi) is 5.50. The standard InChI is InChI=1S/C20H16FN3O4/c21-14-9-7-13(8-10-14)12-28-24-11-3-5-16(20(24)27)19(26)23-17-6-2-1-4-15(17)18(22)25/h1-11H,12H2,(H2,22,25)(H,23,26). The van der Waals surface area contributed by atoms with Gasteiger partial charge in [-0.15, -0.1) is 0 Å². The summed E-state index contributed by atoms with van der Waals surface area (Å²) in [4.78, 5) is 41.9. The quantitative estimate of drug-likeness (QED) is 0.681. The van der Waals surface area contributed by atoms with E-state index >= 15 is 0 Å². The maximum absolute atomic E-state index is 12.9. The molecule has 0 saturated heterocycles. The number of nitrogens with zero attached hydrogens (tertiary/aromatic N) is 1. The van der Waals surface area contributed by atoms with Crippen LogP contribution in [0.4, 0.5) is 10.1 Å². The Morgan fingerprint density at radius 2 is 1.68 bits per heavy atom. The van der Waals surface area contributed by atoms with Crippen LogP contribution in [0.2, 0.25) is 0 Å². The van der Waals surface area contributed by atoms with Crippen molar-refractivity contribution < 1.29 is 18.8 Å². The maximum Gasteiger partial charge on any atom is 0.295 e. The number of pyridine rings is 1. The first-order valence-electron chi connectivity index (χ1n) is 8.25. The molecule has 0 atom stereocenters. The van der Waals surface area contributed by atoms with Crippen molar-refractivity contribution in [2.75, 3.05) is 5.32 Å². The molecule has 0 unspecified atom stereocenters. The van der Waals surface area contributed by atoms with Crippen molar-refractivity contribution in [3.63, 3.8) is 0 Å². The zero-order chi connectivity index (χ0) is 20.1.